The fourth-order valence-corrected chi connectivity index (χ4v) is 2.11. The first kappa shape index (κ1) is 10.6. The number of fused-ring (bicyclic) bond motifs is 1. The summed E-state index contributed by atoms with van der Waals surface area (Å²) in [5.74, 6) is -0.0229. The fourth-order valence-electron chi connectivity index (χ4n) is 1.82. The Labute approximate surface area is 94.1 Å². The second-order valence-electron chi connectivity index (χ2n) is 3.79. The number of carbonyl (C=O) groups is 1. The number of rotatable bonds is 2. The molecule has 2 rings (SSSR count). The molecule has 0 saturated heterocycles. The Morgan fingerprint density at radius 1 is 1.60 bits per heavy atom. The minimum Gasteiger partial charge on any atom is -0.294 e. The van der Waals surface area contributed by atoms with E-state index < -0.39 is 0 Å². The fraction of sp³-hybridized carbons (Fsp3) is 0.455. The maximum Gasteiger partial charge on any atom is 0.162 e. The molecule has 0 bridgehead atoms. The van der Waals surface area contributed by atoms with Crippen molar-refractivity contribution in [1.29, 1.82) is 0 Å². The van der Waals surface area contributed by atoms with Crippen molar-refractivity contribution in [3.8, 4) is 0 Å². The van der Waals surface area contributed by atoms with Gasteiger partial charge < -0.3 is 0 Å². The molecular weight excluding hydrogens is 212 g/mol. The molecule has 1 aromatic heterocycles. The zero-order valence-electron chi connectivity index (χ0n) is 8.88. The lowest BCUT2D eigenvalue weighted by Crippen LogP contribution is -2.14. The van der Waals surface area contributed by atoms with E-state index in [2.05, 4.69) is 16.8 Å². The zero-order chi connectivity index (χ0) is 11.0. The highest BCUT2D eigenvalue weighted by atomic mass is 35.5. The Kier molecular flexibility index (Phi) is 2.76. The smallest absolute Gasteiger partial charge is 0.162 e. The lowest BCUT2D eigenvalue weighted by atomic mass is 10.1. The molecular formula is C11H13ClN2O. The van der Waals surface area contributed by atoms with E-state index >= 15 is 0 Å². The van der Waals surface area contributed by atoms with Crippen LogP contribution in [0.5, 0.6) is 0 Å². The molecule has 2 heterocycles. The highest BCUT2D eigenvalue weighted by Gasteiger charge is 2.21. The molecule has 0 N–H and O–H groups in total. The van der Waals surface area contributed by atoms with Gasteiger partial charge in [0.15, 0.2) is 5.78 Å². The third kappa shape index (κ3) is 1.90. The number of nitrogens with zero attached hydrogens (tertiary/aromatic N) is 2. The molecule has 80 valence electrons. The van der Waals surface area contributed by atoms with Crippen LogP contribution in [-0.4, -0.2) is 22.2 Å². The van der Waals surface area contributed by atoms with Crippen molar-refractivity contribution < 1.29 is 4.79 Å². The third-order valence-electron chi connectivity index (χ3n) is 2.74. The minimum atomic E-state index is -0.0229. The number of pyridine rings is 1. The van der Waals surface area contributed by atoms with Gasteiger partial charge in [-0.2, -0.15) is 0 Å². The maximum atomic E-state index is 11.3. The van der Waals surface area contributed by atoms with Crippen LogP contribution in [0.15, 0.2) is 6.07 Å². The van der Waals surface area contributed by atoms with Crippen molar-refractivity contribution in [3.63, 3.8) is 0 Å². The number of halogens is 1. The van der Waals surface area contributed by atoms with Crippen molar-refractivity contribution in [2.75, 3.05) is 6.54 Å². The van der Waals surface area contributed by atoms with Crippen LogP contribution in [0.2, 0.25) is 5.15 Å². The van der Waals surface area contributed by atoms with Crippen LogP contribution in [0.3, 0.4) is 0 Å². The van der Waals surface area contributed by atoms with E-state index in [-0.39, 0.29) is 5.78 Å². The van der Waals surface area contributed by atoms with Gasteiger partial charge in [0.05, 0.1) is 11.3 Å². The van der Waals surface area contributed by atoms with E-state index in [9.17, 15) is 4.79 Å². The van der Waals surface area contributed by atoms with E-state index in [1.54, 1.807) is 0 Å². The van der Waals surface area contributed by atoms with Crippen molar-refractivity contribution in [1.82, 2.24) is 9.88 Å². The zero-order valence-corrected chi connectivity index (χ0v) is 9.64. The molecule has 0 aromatic carbocycles. The predicted octanol–water partition coefficient (Wildman–Crippen LogP) is 2.27. The van der Waals surface area contributed by atoms with Crippen molar-refractivity contribution in [2.24, 2.45) is 0 Å². The molecule has 0 spiro atoms. The topological polar surface area (TPSA) is 33.2 Å². The van der Waals surface area contributed by atoms with Crippen molar-refractivity contribution in [2.45, 2.75) is 26.9 Å². The average Bonchev–Trinajstić information content (AvgIpc) is 2.58. The molecule has 0 fully saturated rings. The van der Waals surface area contributed by atoms with E-state index in [0.29, 0.717) is 10.7 Å². The Hall–Kier alpha value is -0.930. The Balaban J connectivity index is 2.41. The summed E-state index contributed by atoms with van der Waals surface area (Å²) in [6.45, 7) is 6.32. The summed E-state index contributed by atoms with van der Waals surface area (Å²) in [7, 11) is 0. The number of aromatic nitrogens is 1. The van der Waals surface area contributed by atoms with Crippen LogP contribution in [0.1, 0.15) is 35.5 Å². The molecule has 0 aliphatic carbocycles. The van der Waals surface area contributed by atoms with Gasteiger partial charge in [0.2, 0.25) is 0 Å². The van der Waals surface area contributed by atoms with Crippen LogP contribution in [0, 0.1) is 0 Å². The molecule has 0 saturated carbocycles. The van der Waals surface area contributed by atoms with Crippen LogP contribution in [-0.2, 0) is 13.1 Å². The van der Waals surface area contributed by atoms with Crippen LogP contribution >= 0.6 is 11.6 Å². The van der Waals surface area contributed by atoms with Gasteiger partial charge in [0.1, 0.15) is 5.15 Å². The normalized spacial score (nSPS) is 15.4. The molecule has 0 amide bonds. The summed E-state index contributed by atoms with van der Waals surface area (Å²) < 4.78 is 0. The highest BCUT2D eigenvalue weighted by molar-refractivity contribution is 6.32. The Morgan fingerprint density at radius 2 is 2.33 bits per heavy atom. The van der Waals surface area contributed by atoms with Crippen molar-refractivity contribution in [3.05, 3.63) is 28.0 Å². The Bertz CT molecular complexity index is 417. The molecule has 0 unspecified atom stereocenters. The lowest BCUT2D eigenvalue weighted by molar-refractivity contribution is 0.101. The van der Waals surface area contributed by atoms with Gasteiger partial charge in [-0.3, -0.25) is 9.69 Å². The number of ketones is 1. The summed E-state index contributed by atoms with van der Waals surface area (Å²) in [6.07, 6.45) is 0. The van der Waals surface area contributed by atoms with Gasteiger partial charge >= 0.3 is 0 Å². The number of Topliss-reactive ketones (excluding diaryl/α,β-unsaturated/α-hetero) is 1. The molecule has 1 aliphatic heterocycles. The average molecular weight is 225 g/mol. The lowest BCUT2D eigenvalue weighted by Gasteiger charge is -2.08. The van der Waals surface area contributed by atoms with Crippen LogP contribution in [0.25, 0.3) is 0 Å². The van der Waals surface area contributed by atoms with Crippen LogP contribution in [0.4, 0.5) is 0 Å². The summed E-state index contributed by atoms with van der Waals surface area (Å²) in [5, 5.41) is 0.333. The van der Waals surface area contributed by atoms with Gasteiger partial charge in [-0.25, -0.2) is 4.98 Å². The standard InChI is InChI=1S/C11H13ClN2O/c1-3-14-5-8-4-9(7(2)15)11(12)13-10(8)6-14/h4H,3,5-6H2,1-2H3. The Morgan fingerprint density at radius 3 is 2.93 bits per heavy atom. The molecule has 1 aromatic rings. The monoisotopic (exact) mass is 224 g/mol. The van der Waals surface area contributed by atoms with E-state index in [1.807, 2.05) is 6.07 Å². The summed E-state index contributed by atoms with van der Waals surface area (Å²) in [4.78, 5) is 17.8. The molecule has 4 heteroatoms. The SMILES string of the molecule is CCN1Cc2cc(C(C)=O)c(Cl)nc2C1. The summed E-state index contributed by atoms with van der Waals surface area (Å²) >= 11 is 5.94. The highest BCUT2D eigenvalue weighted by Crippen LogP contribution is 2.25. The minimum absolute atomic E-state index is 0.0229. The van der Waals surface area contributed by atoms with Gasteiger partial charge in [0.25, 0.3) is 0 Å². The van der Waals surface area contributed by atoms with E-state index in [0.717, 1.165) is 30.9 Å². The number of carbonyl (C=O) groups excluding carboxylic acids is 1. The molecule has 0 radical (unpaired) electrons. The summed E-state index contributed by atoms with van der Waals surface area (Å²) in [6, 6.07) is 1.88. The number of hydrogen-bond acceptors (Lipinski definition) is 3. The van der Waals surface area contributed by atoms with Crippen LogP contribution < -0.4 is 0 Å². The first-order valence-corrected chi connectivity index (χ1v) is 5.41. The first-order chi connectivity index (χ1) is 7.11. The quantitative estimate of drug-likeness (QED) is 0.571. The largest absolute Gasteiger partial charge is 0.294 e. The summed E-state index contributed by atoms with van der Waals surface area (Å²) in [5.41, 5.74) is 2.67. The molecule has 3 nitrogen and oxygen atoms in total. The third-order valence-corrected chi connectivity index (χ3v) is 3.03. The second kappa shape index (κ2) is 3.91. The molecule has 15 heavy (non-hydrogen) atoms. The van der Waals surface area contributed by atoms with E-state index in [1.165, 1.54) is 6.92 Å². The predicted molar refractivity (Wildman–Crippen MR) is 59.0 cm³/mol. The molecule has 1 aliphatic rings. The van der Waals surface area contributed by atoms with Crippen molar-refractivity contribution >= 4 is 17.4 Å². The maximum absolute atomic E-state index is 11.3. The van der Waals surface area contributed by atoms with Gasteiger partial charge in [-0.05, 0) is 25.1 Å². The van der Waals surface area contributed by atoms with Gasteiger partial charge in [-0.15, -0.1) is 0 Å². The second-order valence-corrected chi connectivity index (χ2v) is 4.15. The first-order valence-electron chi connectivity index (χ1n) is 5.03. The van der Waals surface area contributed by atoms with E-state index in [4.69, 9.17) is 11.6 Å². The van der Waals surface area contributed by atoms with Gasteiger partial charge in [0, 0.05) is 13.1 Å². The number of hydrogen-bond donors (Lipinski definition) is 0. The van der Waals surface area contributed by atoms with Gasteiger partial charge in [-0.1, -0.05) is 18.5 Å². The molecule has 0 atom stereocenters.